The number of alkyl halides is 3. The summed E-state index contributed by atoms with van der Waals surface area (Å²) in [4.78, 5) is 20.4. The second-order valence-electron chi connectivity index (χ2n) is 7.79. The molecule has 0 aliphatic heterocycles. The summed E-state index contributed by atoms with van der Waals surface area (Å²) in [5.74, 6) is -2.14. The van der Waals surface area contributed by atoms with Crippen molar-refractivity contribution in [2.45, 2.75) is 12.6 Å². The van der Waals surface area contributed by atoms with Crippen molar-refractivity contribution in [1.82, 2.24) is 15.1 Å². The average molecular weight is 495 g/mol. The van der Waals surface area contributed by atoms with Crippen LogP contribution in [0.3, 0.4) is 0 Å². The minimum Gasteiger partial charge on any atom is -0.478 e. The smallest absolute Gasteiger partial charge is 0.395 e. The maximum atomic E-state index is 12.9. The fourth-order valence-corrected chi connectivity index (χ4v) is 4.51. The first kappa shape index (κ1) is 22.7. The molecule has 0 radical (unpaired) electrons. The maximum Gasteiger partial charge on any atom is 0.395 e. The minimum atomic E-state index is -4.24. The molecule has 0 fully saturated rings. The van der Waals surface area contributed by atoms with Gasteiger partial charge in [-0.05, 0) is 18.6 Å². The van der Waals surface area contributed by atoms with Crippen molar-refractivity contribution in [3.05, 3.63) is 82.7 Å². The molecule has 0 bridgehead atoms. The molecule has 1 unspecified atom stereocenters. The molecule has 5 rings (SSSR count). The highest BCUT2D eigenvalue weighted by Crippen LogP contribution is 2.36. The molecule has 1 N–H and O–H groups in total. The van der Waals surface area contributed by atoms with Crippen LogP contribution in [-0.4, -0.2) is 32.4 Å². The lowest BCUT2D eigenvalue weighted by molar-refractivity contribution is -0.160. The molecule has 6 nitrogen and oxygen atoms in total. The number of halogens is 3. The first-order valence-corrected chi connectivity index (χ1v) is 11.4. The molecule has 10 heteroatoms. The maximum absolute atomic E-state index is 12.9. The monoisotopic (exact) mass is 495 g/mol. The summed E-state index contributed by atoms with van der Waals surface area (Å²) in [6, 6.07) is 13.6. The molecule has 2 aromatic carbocycles. The Morgan fingerprint density at radius 3 is 2.49 bits per heavy atom. The van der Waals surface area contributed by atoms with Gasteiger partial charge in [0, 0.05) is 22.1 Å². The fraction of sp³-hybridized carbons (Fsp3) is 0.120. The van der Waals surface area contributed by atoms with Gasteiger partial charge in [-0.15, -0.1) is 11.3 Å². The molecule has 1 aliphatic rings. The van der Waals surface area contributed by atoms with Crippen molar-refractivity contribution in [3.63, 3.8) is 0 Å². The number of rotatable bonds is 5. The van der Waals surface area contributed by atoms with E-state index in [1.54, 1.807) is 36.4 Å². The molecule has 35 heavy (non-hydrogen) atoms. The van der Waals surface area contributed by atoms with E-state index >= 15 is 0 Å². The lowest BCUT2D eigenvalue weighted by atomic mass is 9.96. The van der Waals surface area contributed by atoms with Crippen LogP contribution in [0.1, 0.15) is 21.8 Å². The van der Waals surface area contributed by atoms with E-state index in [0.29, 0.717) is 33.2 Å². The number of carboxylic acid groups (broad SMARTS) is 1. The topological polar surface area (TPSA) is 89.1 Å². The molecular weight excluding hydrogens is 479 g/mol. The molecule has 4 aromatic rings. The number of nitrogens with zero attached hydrogens (tertiary/aromatic N) is 3. The summed E-state index contributed by atoms with van der Waals surface area (Å²) in [5.41, 5.74) is 3.27. The highest BCUT2D eigenvalue weighted by molar-refractivity contribution is 7.11. The third-order valence-electron chi connectivity index (χ3n) is 5.52. The van der Waals surface area contributed by atoms with E-state index in [2.05, 4.69) is 15.1 Å². The molecule has 0 saturated carbocycles. The molecule has 2 aromatic heterocycles. The van der Waals surface area contributed by atoms with Crippen molar-refractivity contribution < 1.29 is 27.6 Å². The fourth-order valence-electron chi connectivity index (χ4n) is 3.66. The Morgan fingerprint density at radius 1 is 1.06 bits per heavy atom. The van der Waals surface area contributed by atoms with E-state index in [9.17, 15) is 23.1 Å². The number of hydrogen-bond acceptors (Lipinski definition) is 6. The molecule has 1 aliphatic carbocycles. The Bertz CT molecular complexity index is 1450. The van der Waals surface area contributed by atoms with Gasteiger partial charge in [0.25, 0.3) is 5.89 Å². The Labute approximate surface area is 201 Å². The molecule has 1 atom stereocenters. The van der Waals surface area contributed by atoms with Crippen molar-refractivity contribution >= 4 is 22.9 Å². The highest BCUT2D eigenvalue weighted by atomic mass is 32.1. The van der Waals surface area contributed by atoms with Crippen LogP contribution in [0.4, 0.5) is 13.2 Å². The summed E-state index contributed by atoms with van der Waals surface area (Å²) in [6.07, 6.45) is -0.112. The Kier molecular flexibility index (Phi) is 5.81. The Hall–Kier alpha value is -4.05. The minimum absolute atomic E-state index is 0.0641. The van der Waals surface area contributed by atoms with Gasteiger partial charge in [0.2, 0.25) is 5.82 Å². The van der Waals surface area contributed by atoms with Crippen molar-refractivity contribution in [2.24, 2.45) is 5.92 Å². The molecule has 0 amide bonds. The van der Waals surface area contributed by atoms with Gasteiger partial charge in [0.05, 0.1) is 22.7 Å². The van der Waals surface area contributed by atoms with Crippen LogP contribution in [0.25, 0.3) is 39.7 Å². The molecule has 0 saturated heterocycles. The van der Waals surface area contributed by atoms with Gasteiger partial charge in [0.15, 0.2) is 0 Å². The predicted molar refractivity (Wildman–Crippen MR) is 125 cm³/mol. The standard InChI is InChI=1S/C25H16F3N3O3S/c26-25(27,28)17-11-9-16(10-12-17)23-29-20(13-35-23)14-5-7-15(8-6-14)21-30-22(34-31-21)18-3-1-2-4-19(18)24(32)33/h1-11,13,17H,12H2,(H,32,33). The molecule has 2 heterocycles. The van der Waals surface area contributed by atoms with E-state index < -0.39 is 18.1 Å². The van der Waals surface area contributed by atoms with Crippen molar-refractivity contribution in [3.8, 4) is 34.1 Å². The van der Waals surface area contributed by atoms with Gasteiger partial charge >= 0.3 is 12.1 Å². The number of benzene rings is 2. The van der Waals surface area contributed by atoms with Crippen LogP contribution in [0.2, 0.25) is 0 Å². The van der Waals surface area contributed by atoms with Crippen LogP contribution < -0.4 is 0 Å². The van der Waals surface area contributed by atoms with Gasteiger partial charge in [-0.2, -0.15) is 18.2 Å². The van der Waals surface area contributed by atoms with Gasteiger partial charge in [-0.25, -0.2) is 9.78 Å². The van der Waals surface area contributed by atoms with E-state index in [1.165, 1.54) is 29.6 Å². The molecule has 0 spiro atoms. The van der Waals surface area contributed by atoms with Crippen LogP contribution in [-0.2, 0) is 0 Å². The summed E-state index contributed by atoms with van der Waals surface area (Å²) in [6.45, 7) is 0. The summed E-state index contributed by atoms with van der Waals surface area (Å²) in [5, 5.41) is 15.8. The number of allylic oxidation sites excluding steroid dienone is 4. The van der Waals surface area contributed by atoms with Gasteiger partial charge in [-0.3, -0.25) is 0 Å². The summed E-state index contributed by atoms with van der Waals surface area (Å²) < 4.78 is 43.9. The van der Waals surface area contributed by atoms with E-state index in [4.69, 9.17) is 4.52 Å². The third-order valence-corrected chi connectivity index (χ3v) is 6.42. The average Bonchev–Trinajstić information content (AvgIpc) is 3.54. The number of carboxylic acids is 1. The van der Waals surface area contributed by atoms with Crippen molar-refractivity contribution in [2.75, 3.05) is 0 Å². The third kappa shape index (κ3) is 4.65. The zero-order valence-electron chi connectivity index (χ0n) is 17.9. The van der Waals surface area contributed by atoms with Crippen LogP contribution in [0.15, 0.2) is 76.7 Å². The van der Waals surface area contributed by atoms with Gasteiger partial charge < -0.3 is 9.63 Å². The lowest BCUT2D eigenvalue weighted by Crippen LogP contribution is -2.21. The molecular formula is C25H16F3N3O3S. The normalized spacial score (nSPS) is 15.7. The quantitative estimate of drug-likeness (QED) is 0.330. The second kappa shape index (κ2) is 8.95. The zero-order valence-corrected chi connectivity index (χ0v) is 18.7. The van der Waals surface area contributed by atoms with E-state index in [0.717, 1.165) is 5.56 Å². The first-order chi connectivity index (χ1) is 16.8. The van der Waals surface area contributed by atoms with Gasteiger partial charge in [0.1, 0.15) is 5.01 Å². The van der Waals surface area contributed by atoms with Gasteiger partial charge in [-0.1, -0.05) is 59.8 Å². The van der Waals surface area contributed by atoms with Crippen LogP contribution in [0.5, 0.6) is 0 Å². The Morgan fingerprint density at radius 2 is 1.80 bits per heavy atom. The zero-order chi connectivity index (χ0) is 24.6. The number of aromatic carboxylic acids is 1. The first-order valence-electron chi connectivity index (χ1n) is 10.5. The van der Waals surface area contributed by atoms with E-state index in [1.807, 2.05) is 17.5 Å². The number of aromatic nitrogens is 3. The second-order valence-corrected chi connectivity index (χ2v) is 8.65. The van der Waals surface area contributed by atoms with Crippen LogP contribution >= 0.6 is 11.3 Å². The largest absolute Gasteiger partial charge is 0.478 e. The SMILES string of the molecule is O=C(O)c1ccccc1-c1nc(-c2ccc(-c3csc(C4=CCC(C(F)(F)F)C=C4)n3)cc2)no1. The van der Waals surface area contributed by atoms with Crippen molar-refractivity contribution in [1.29, 1.82) is 0 Å². The lowest BCUT2D eigenvalue weighted by Gasteiger charge is -2.18. The number of thiazole rings is 1. The predicted octanol–water partition coefficient (Wildman–Crippen LogP) is 6.75. The van der Waals surface area contributed by atoms with Crippen LogP contribution in [0, 0.1) is 5.92 Å². The Balaban J connectivity index is 1.33. The highest BCUT2D eigenvalue weighted by Gasteiger charge is 2.37. The summed E-state index contributed by atoms with van der Waals surface area (Å²) >= 11 is 1.37. The number of carbonyl (C=O) groups is 1. The van der Waals surface area contributed by atoms with E-state index in [-0.39, 0.29) is 17.9 Å². The summed E-state index contributed by atoms with van der Waals surface area (Å²) in [7, 11) is 0. The molecule has 176 valence electrons. The number of hydrogen-bond donors (Lipinski definition) is 1.